The predicted octanol–water partition coefficient (Wildman–Crippen LogP) is 4.69. The third-order valence-corrected chi connectivity index (χ3v) is 9.69. The Morgan fingerprint density at radius 1 is 0.956 bits per heavy atom. The zero-order valence-corrected chi connectivity index (χ0v) is 26.5. The Kier molecular flexibility index (Phi) is 9.04. The second kappa shape index (κ2) is 13.0. The minimum atomic E-state index is -1.32. The molecule has 6 rings (SSSR count). The van der Waals surface area contributed by atoms with E-state index in [1.54, 1.807) is 20.8 Å². The lowest BCUT2D eigenvalue weighted by molar-refractivity contribution is -0.140. The van der Waals surface area contributed by atoms with E-state index < -0.39 is 29.6 Å². The SMILES string of the molecule is CCOc1ccc(N2CC=C[C@H]3O[C@]45C=CCN(c6c(C)cccc6Cl)C(=O)C4N(CCCCCCO)C(=O)[C@@H]5[C@H]3C2=O)cc1. The summed E-state index contributed by atoms with van der Waals surface area (Å²) in [6.45, 7) is 5.41. The smallest absolute Gasteiger partial charge is 0.253 e. The first-order valence-corrected chi connectivity index (χ1v) is 16.2. The van der Waals surface area contributed by atoms with Crippen molar-refractivity contribution in [3.8, 4) is 5.75 Å². The molecule has 1 unspecified atom stereocenters. The number of anilines is 2. The first kappa shape index (κ1) is 31.3. The maximum Gasteiger partial charge on any atom is 0.253 e. The van der Waals surface area contributed by atoms with Crippen molar-refractivity contribution in [2.75, 3.05) is 42.6 Å². The molecule has 45 heavy (non-hydrogen) atoms. The molecule has 2 fully saturated rings. The normalized spacial score (nSPS) is 27.4. The predicted molar refractivity (Wildman–Crippen MR) is 172 cm³/mol. The van der Waals surface area contributed by atoms with Gasteiger partial charge in [-0.1, -0.05) is 60.9 Å². The number of aliphatic hydroxyl groups is 1. The van der Waals surface area contributed by atoms with Gasteiger partial charge >= 0.3 is 0 Å². The van der Waals surface area contributed by atoms with Gasteiger partial charge in [-0.25, -0.2) is 0 Å². The zero-order valence-electron chi connectivity index (χ0n) is 25.7. The molecule has 2 aromatic rings. The highest BCUT2D eigenvalue weighted by atomic mass is 35.5. The van der Waals surface area contributed by atoms with E-state index in [-0.39, 0.29) is 30.9 Å². The zero-order chi connectivity index (χ0) is 31.7. The highest BCUT2D eigenvalue weighted by Gasteiger charge is 2.71. The summed E-state index contributed by atoms with van der Waals surface area (Å²) in [4.78, 5) is 48.6. The van der Waals surface area contributed by atoms with E-state index >= 15 is 0 Å². The number of fused-ring (bicyclic) bond motifs is 2. The van der Waals surface area contributed by atoms with Gasteiger partial charge in [-0.05, 0) is 62.6 Å². The maximum absolute atomic E-state index is 14.7. The molecule has 5 atom stereocenters. The monoisotopic (exact) mass is 633 g/mol. The molecule has 0 aliphatic carbocycles. The molecule has 4 aliphatic heterocycles. The van der Waals surface area contributed by atoms with Crippen molar-refractivity contribution in [1.29, 1.82) is 0 Å². The van der Waals surface area contributed by atoms with Crippen LogP contribution in [0, 0.1) is 18.8 Å². The number of carbonyl (C=O) groups is 3. The van der Waals surface area contributed by atoms with Gasteiger partial charge in [-0.3, -0.25) is 14.4 Å². The molecule has 4 heterocycles. The number of rotatable bonds is 10. The Hall–Kier alpha value is -3.66. The average molecular weight is 634 g/mol. The van der Waals surface area contributed by atoms with Crippen LogP contribution in [0.4, 0.5) is 11.4 Å². The summed E-state index contributed by atoms with van der Waals surface area (Å²) in [6, 6.07) is 11.9. The number of benzene rings is 2. The molecule has 0 saturated carbocycles. The fraction of sp³-hybridized carbons (Fsp3) is 0.457. The summed E-state index contributed by atoms with van der Waals surface area (Å²) in [6.07, 6.45) is 9.78. The van der Waals surface area contributed by atoms with Gasteiger partial charge in [0, 0.05) is 31.9 Å². The van der Waals surface area contributed by atoms with Crippen LogP contribution in [0.2, 0.25) is 5.02 Å². The molecule has 10 heteroatoms. The Labute approximate surface area is 269 Å². The molecule has 9 nitrogen and oxygen atoms in total. The molecular weight excluding hydrogens is 594 g/mol. The number of aliphatic hydroxyl groups excluding tert-OH is 1. The third-order valence-electron chi connectivity index (χ3n) is 9.38. The molecule has 0 radical (unpaired) electrons. The standard InChI is InChI=1S/C35H40ClN3O6/c1-3-44-25-16-14-24(15-17-25)37-20-9-13-27-28(32(37)41)29-33(42)39(19-6-4-5-7-22-40)31-34(43)38(21-10-18-35(29,31)45-27)30-23(2)11-8-12-26(30)36/h8-18,27-29,31,40H,3-7,19-22H2,1-2H3/t27-,28+,29+,31?,35+/m1/s1. The maximum atomic E-state index is 14.7. The van der Waals surface area contributed by atoms with Crippen molar-refractivity contribution in [3.63, 3.8) is 0 Å². The number of para-hydroxylation sites is 1. The summed E-state index contributed by atoms with van der Waals surface area (Å²) in [7, 11) is 0. The van der Waals surface area contributed by atoms with Crippen LogP contribution in [0.15, 0.2) is 66.8 Å². The highest BCUT2D eigenvalue weighted by Crippen LogP contribution is 2.54. The van der Waals surface area contributed by atoms with Crippen molar-refractivity contribution in [2.45, 2.75) is 57.3 Å². The second-order valence-corrected chi connectivity index (χ2v) is 12.5. The second-order valence-electron chi connectivity index (χ2n) is 12.1. The van der Waals surface area contributed by atoms with E-state index in [9.17, 15) is 19.5 Å². The summed E-state index contributed by atoms with van der Waals surface area (Å²) in [5.74, 6) is -1.71. The lowest BCUT2D eigenvalue weighted by atomic mass is 9.77. The first-order valence-electron chi connectivity index (χ1n) is 15.9. The largest absolute Gasteiger partial charge is 0.494 e. The summed E-state index contributed by atoms with van der Waals surface area (Å²) in [5.41, 5.74) is 0.832. The topological polar surface area (TPSA) is 99.6 Å². The summed E-state index contributed by atoms with van der Waals surface area (Å²) in [5, 5.41) is 9.68. The number of hydrogen-bond donors (Lipinski definition) is 1. The van der Waals surface area contributed by atoms with Crippen molar-refractivity contribution >= 4 is 40.7 Å². The summed E-state index contributed by atoms with van der Waals surface area (Å²) < 4.78 is 12.4. The van der Waals surface area contributed by atoms with Crippen LogP contribution in [-0.2, 0) is 19.1 Å². The Bertz CT molecular complexity index is 1490. The fourth-order valence-electron chi connectivity index (χ4n) is 7.41. The molecule has 2 saturated heterocycles. The third kappa shape index (κ3) is 5.45. The van der Waals surface area contributed by atoms with Crippen LogP contribution < -0.4 is 14.5 Å². The van der Waals surface area contributed by atoms with Crippen LogP contribution in [-0.4, -0.2) is 78.3 Å². The molecule has 3 amide bonds. The van der Waals surface area contributed by atoms with Crippen molar-refractivity contribution < 1.29 is 29.0 Å². The van der Waals surface area contributed by atoms with E-state index in [4.69, 9.17) is 21.1 Å². The Morgan fingerprint density at radius 3 is 2.44 bits per heavy atom. The van der Waals surface area contributed by atoms with E-state index in [2.05, 4.69) is 0 Å². The number of nitrogens with zero attached hydrogens (tertiary/aromatic N) is 3. The first-order chi connectivity index (χ1) is 21.8. The number of hydrogen-bond acceptors (Lipinski definition) is 6. The molecule has 4 aliphatic rings. The van der Waals surface area contributed by atoms with Crippen LogP contribution in [0.5, 0.6) is 5.75 Å². The van der Waals surface area contributed by atoms with Gasteiger partial charge < -0.3 is 29.3 Å². The van der Waals surface area contributed by atoms with E-state index in [1.807, 2.05) is 74.5 Å². The molecule has 2 aromatic carbocycles. The van der Waals surface area contributed by atoms with Crippen molar-refractivity contribution in [3.05, 3.63) is 77.4 Å². The minimum absolute atomic E-state index is 0.114. The number of ether oxygens (including phenoxy) is 2. The molecule has 1 spiro atoms. The summed E-state index contributed by atoms with van der Waals surface area (Å²) >= 11 is 6.65. The van der Waals surface area contributed by atoms with E-state index in [0.717, 1.165) is 18.4 Å². The molecule has 238 valence electrons. The van der Waals surface area contributed by atoms with Crippen LogP contribution in [0.25, 0.3) is 0 Å². The number of carbonyl (C=O) groups excluding carboxylic acids is 3. The highest BCUT2D eigenvalue weighted by molar-refractivity contribution is 6.34. The quantitative estimate of drug-likeness (QED) is 0.301. The van der Waals surface area contributed by atoms with Gasteiger partial charge in [0.05, 0.1) is 35.3 Å². The van der Waals surface area contributed by atoms with Gasteiger partial charge in [0.1, 0.15) is 17.4 Å². The van der Waals surface area contributed by atoms with Crippen LogP contribution in [0.3, 0.4) is 0 Å². The fourth-order valence-corrected chi connectivity index (χ4v) is 7.73. The molecule has 0 bridgehead atoms. The van der Waals surface area contributed by atoms with Crippen molar-refractivity contribution in [1.82, 2.24) is 4.90 Å². The number of aryl methyl sites for hydroxylation is 1. The van der Waals surface area contributed by atoms with Crippen LogP contribution in [0.1, 0.15) is 38.2 Å². The Morgan fingerprint density at radius 2 is 1.71 bits per heavy atom. The van der Waals surface area contributed by atoms with Gasteiger partial charge in [-0.2, -0.15) is 0 Å². The van der Waals surface area contributed by atoms with Crippen molar-refractivity contribution in [2.24, 2.45) is 11.8 Å². The average Bonchev–Trinajstić information content (AvgIpc) is 3.33. The lowest BCUT2D eigenvalue weighted by Crippen LogP contribution is -2.55. The minimum Gasteiger partial charge on any atom is -0.494 e. The number of likely N-dealkylation sites (tertiary alicyclic amines) is 1. The van der Waals surface area contributed by atoms with E-state index in [0.29, 0.717) is 54.7 Å². The van der Waals surface area contributed by atoms with Gasteiger partial charge in [0.25, 0.3) is 5.91 Å². The Balaban J connectivity index is 1.38. The number of unbranched alkanes of at least 4 members (excludes halogenated alkanes) is 3. The van der Waals surface area contributed by atoms with Crippen LogP contribution >= 0.6 is 11.6 Å². The number of halogens is 1. The van der Waals surface area contributed by atoms with Gasteiger partial charge in [0.2, 0.25) is 11.8 Å². The number of amides is 3. The molecule has 1 N–H and O–H groups in total. The van der Waals surface area contributed by atoms with Gasteiger partial charge in [-0.15, -0.1) is 0 Å². The lowest BCUT2D eigenvalue weighted by Gasteiger charge is -2.36. The van der Waals surface area contributed by atoms with Gasteiger partial charge in [0.15, 0.2) is 0 Å². The van der Waals surface area contributed by atoms with E-state index in [1.165, 1.54) is 0 Å². The molecule has 0 aromatic heterocycles. The molecular formula is C35H40ClN3O6.